The smallest absolute Gasteiger partial charge is 0.319 e. The minimum absolute atomic E-state index is 0.299. The van der Waals surface area contributed by atoms with Crippen LogP contribution in [0.15, 0.2) is 42.5 Å². The number of halogens is 2. The third-order valence-corrected chi connectivity index (χ3v) is 4.65. The van der Waals surface area contributed by atoms with Crippen molar-refractivity contribution in [2.75, 3.05) is 5.32 Å². The van der Waals surface area contributed by atoms with Crippen molar-refractivity contribution in [2.24, 2.45) is 0 Å². The molecule has 2 aromatic carbocycles. The van der Waals surface area contributed by atoms with Gasteiger partial charge in [-0.3, -0.25) is 0 Å². The van der Waals surface area contributed by atoms with Gasteiger partial charge in [-0.15, -0.1) is 0 Å². The summed E-state index contributed by atoms with van der Waals surface area (Å²) in [6, 6.07) is 10.1. The minimum Gasteiger partial charge on any atom is -0.328 e. The summed E-state index contributed by atoms with van der Waals surface area (Å²) in [5.74, 6) is -0.697. The highest BCUT2D eigenvalue weighted by molar-refractivity contribution is 5.90. The first-order chi connectivity index (χ1) is 11.5. The number of nitrogens with one attached hydrogen (secondary N) is 2. The Morgan fingerprint density at radius 2 is 1.62 bits per heavy atom. The Hall–Kier alpha value is -2.43. The van der Waals surface area contributed by atoms with Gasteiger partial charge in [0.1, 0.15) is 11.6 Å². The highest BCUT2D eigenvalue weighted by Gasteiger charge is 2.37. The minimum atomic E-state index is -0.501. The zero-order chi connectivity index (χ0) is 17.2. The first kappa shape index (κ1) is 16.4. The van der Waals surface area contributed by atoms with Gasteiger partial charge in [-0.1, -0.05) is 31.0 Å². The normalized spacial score (nSPS) is 16.0. The van der Waals surface area contributed by atoms with Crippen LogP contribution in [-0.2, 0) is 5.54 Å². The van der Waals surface area contributed by atoms with E-state index in [1.165, 1.54) is 24.3 Å². The zero-order valence-electron chi connectivity index (χ0n) is 13.5. The fraction of sp³-hybridized carbons (Fsp3) is 0.316. The summed E-state index contributed by atoms with van der Waals surface area (Å²) in [5.41, 5.74) is 1.63. The summed E-state index contributed by atoms with van der Waals surface area (Å²) >= 11 is 0. The number of benzene rings is 2. The maximum Gasteiger partial charge on any atom is 0.319 e. The van der Waals surface area contributed by atoms with Crippen LogP contribution >= 0.6 is 0 Å². The predicted octanol–water partition coefficient (Wildman–Crippen LogP) is 4.86. The van der Waals surface area contributed by atoms with Crippen molar-refractivity contribution >= 4 is 11.7 Å². The summed E-state index contributed by atoms with van der Waals surface area (Å²) in [7, 11) is 0. The Balaban J connectivity index is 1.79. The molecule has 1 aliphatic carbocycles. The third-order valence-electron chi connectivity index (χ3n) is 4.65. The van der Waals surface area contributed by atoms with Gasteiger partial charge in [-0.25, -0.2) is 13.6 Å². The molecule has 3 nitrogen and oxygen atoms in total. The molecule has 1 aliphatic rings. The number of carbonyl (C=O) groups is 1. The SMILES string of the molecule is Cc1ccc(F)cc1NC(=O)NC1(c2ccc(F)cc2)CCCC1. The number of aryl methyl sites for hydroxylation is 1. The molecule has 2 aromatic rings. The number of urea groups is 1. The molecule has 1 saturated carbocycles. The lowest BCUT2D eigenvalue weighted by Crippen LogP contribution is -2.45. The van der Waals surface area contributed by atoms with Crippen molar-refractivity contribution in [1.82, 2.24) is 5.32 Å². The summed E-state index contributed by atoms with van der Waals surface area (Å²) in [6.45, 7) is 1.81. The van der Waals surface area contributed by atoms with Gasteiger partial charge >= 0.3 is 6.03 Å². The van der Waals surface area contributed by atoms with Crippen molar-refractivity contribution in [3.63, 3.8) is 0 Å². The largest absolute Gasteiger partial charge is 0.328 e. The van der Waals surface area contributed by atoms with Crippen molar-refractivity contribution in [1.29, 1.82) is 0 Å². The molecule has 2 amide bonds. The molecule has 0 heterocycles. The van der Waals surface area contributed by atoms with Gasteiger partial charge in [0, 0.05) is 5.69 Å². The monoisotopic (exact) mass is 330 g/mol. The van der Waals surface area contributed by atoms with Crippen molar-refractivity contribution in [3.8, 4) is 0 Å². The van der Waals surface area contributed by atoms with Crippen LogP contribution in [0.5, 0.6) is 0 Å². The Morgan fingerprint density at radius 3 is 2.29 bits per heavy atom. The molecule has 5 heteroatoms. The number of amides is 2. The number of rotatable bonds is 3. The van der Waals surface area contributed by atoms with Crippen LogP contribution in [0.1, 0.15) is 36.8 Å². The molecule has 0 atom stereocenters. The van der Waals surface area contributed by atoms with Crippen molar-refractivity contribution in [2.45, 2.75) is 38.1 Å². The van der Waals surface area contributed by atoms with E-state index in [9.17, 15) is 13.6 Å². The van der Waals surface area contributed by atoms with E-state index in [0.29, 0.717) is 5.69 Å². The van der Waals surface area contributed by atoms with E-state index in [1.807, 2.05) is 0 Å². The predicted molar refractivity (Wildman–Crippen MR) is 89.8 cm³/mol. The molecular formula is C19H20F2N2O. The van der Waals surface area contributed by atoms with Crippen LogP contribution < -0.4 is 10.6 Å². The molecule has 126 valence electrons. The highest BCUT2D eigenvalue weighted by atomic mass is 19.1. The van der Waals surface area contributed by atoms with Crippen LogP contribution in [0.3, 0.4) is 0 Å². The first-order valence-corrected chi connectivity index (χ1v) is 8.10. The van der Waals surface area contributed by atoms with Crippen LogP contribution in [0, 0.1) is 18.6 Å². The molecule has 1 fully saturated rings. The van der Waals surface area contributed by atoms with Gasteiger partial charge in [-0.2, -0.15) is 0 Å². The molecule has 0 unspecified atom stereocenters. The Kier molecular flexibility index (Phi) is 4.51. The topological polar surface area (TPSA) is 41.1 Å². The number of carbonyl (C=O) groups excluding carboxylic acids is 1. The maximum absolute atomic E-state index is 13.4. The fourth-order valence-electron chi connectivity index (χ4n) is 3.33. The second-order valence-electron chi connectivity index (χ2n) is 6.33. The quantitative estimate of drug-likeness (QED) is 0.829. The van der Waals surface area contributed by atoms with E-state index in [-0.39, 0.29) is 11.8 Å². The lowest BCUT2D eigenvalue weighted by molar-refractivity contribution is 0.236. The molecule has 3 rings (SSSR count). The van der Waals surface area contributed by atoms with Crippen molar-refractivity contribution < 1.29 is 13.6 Å². The maximum atomic E-state index is 13.4. The summed E-state index contributed by atoms with van der Waals surface area (Å²) in [4.78, 5) is 12.5. The fourth-order valence-corrected chi connectivity index (χ4v) is 3.33. The van der Waals surface area contributed by atoms with E-state index in [1.54, 1.807) is 25.1 Å². The average Bonchev–Trinajstić information content (AvgIpc) is 3.01. The van der Waals surface area contributed by atoms with Gasteiger partial charge in [-0.05, 0) is 55.2 Å². The number of hydrogen-bond acceptors (Lipinski definition) is 1. The van der Waals surface area contributed by atoms with E-state index in [0.717, 1.165) is 36.8 Å². The molecule has 24 heavy (non-hydrogen) atoms. The Bertz CT molecular complexity index is 738. The summed E-state index contributed by atoms with van der Waals surface area (Å²) in [6.07, 6.45) is 3.59. The molecule has 0 saturated heterocycles. The van der Waals surface area contributed by atoms with Crippen LogP contribution in [0.2, 0.25) is 0 Å². The van der Waals surface area contributed by atoms with E-state index < -0.39 is 11.4 Å². The second kappa shape index (κ2) is 6.59. The van der Waals surface area contributed by atoms with Gasteiger partial charge in [0.25, 0.3) is 0 Å². The molecule has 0 spiro atoms. The molecular weight excluding hydrogens is 310 g/mol. The van der Waals surface area contributed by atoms with Gasteiger partial charge in [0.2, 0.25) is 0 Å². The molecule has 2 N–H and O–H groups in total. The molecule has 0 aliphatic heterocycles. The Labute approximate surface area is 140 Å². The summed E-state index contributed by atoms with van der Waals surface area (Å²) < 4.78 is 26.6. The summed E-state index contributed by atoms with van der Waals surface area (Å²) in [5, 5.41) is 5.75. The number of hydrogen-bond donors (Lipinski definition) is 2. The van der Waals surface area contributed by atoms with Crippen molar-refractivity contribution in [3.05, 3.63) is 65.2 Å². The lowest BCUT2D eigenvalue weighted by atomic mass is 9.88. The second-order valence-corrected chi connectivity index (χ2v) is 6.33. The molecule has 0 aromatic heterocycles. The van der Waals surface area contributed by atoms with E-state index >= 15 is 0 Å². The first-order valence-electron chi connectivity index (χ1n) is 8.10. The number of anilines is 1. The standard InChI is InChI=1S/C19H20F2N2O/c1-13-4-7-16(21)12-17(13)22-18(24)23-19(10-2-3-11-19)14-5-8-15(20)9-6-14/h4-9,12H,2-3,10-11H2,1H3,(H2,22,23,24). The average molecular weight is 330 g/mol. The van der Waals surface area contributed by atoms with E-state index in [4.69, 9.17) is 0 Å². The molecule has 0 radical (unpaired) electrons. The lowest BCUT2D eigenvalue weighted by Gasteiger charge is -2.31. The molecule has 0 bridgehead atoms. The van der Waals surface area contributed by atoms with Crippen LogP contribution in [-0.4, -0.2) is 6.03 Å². The van der Waals surface area contributed by atoms with Gasteiger partial charge < -0.3 is 10.6 Å². The van der Waals surface area contributed by atoms with Crippen LogP contribution in [0.4, 0.5) is 19.3 Å². The van der Waals surface area contributed by atoms with E-state index in [2.05, 4.69) is 10.6 Å². The third kappa shape index (κ3) is 3.40. The van der Waals surface area contributed by atoms with Gasteiger partial charge in [0.15, 0.2) is 0 Å². The van der Waals surface area contributed by atoms with Crippen LogP contribution in [0.25, 0.3) is 0 Å². The zero-order valence-corrected chi connectivity index (χ0v) is 13.5. The Morgan fingerprint density at radius 1 is 1.00 bits per heavy atom. The highest BCUT2D eigenvalue weighted by Crippen LogP contribution is 2.38. The van der Waals surface area contributed by atoms with Gasteiger partial charge in [0.05, 0.1) is 5.54 Å².